The summed E-state index contributed by atoms with van der Waals surface area (Å²) in [5.41, 5.74) is 2.57. The average molecular weight is 386 g/mol. The van der Waals surface area contributed by atoms with Crippen molar-refractivity contribution in [1.82, 2.24) is 15.2 Å². The molecule has 6 heteroatoms. The van der Waals surface area contributed by atoms with E-state index in [0.29, 0.717) is 17.2 Å². The van der Waals surface area contributed by atoms with Crippen molar-refractivity contribution in [2.75, 3.05) is 19.8 Å². The van der Waals surface area contributed by atoms with E-state index in [0.717, 1.165) is 43.9 Å². The SMILES string of the molecule is C=C/C=C(\C=C\N(CC)C1CCOCC1)C(=O)NCc1c(C)cc(C)[nH]c1=O. The lowest BCUT2D eigenvalue weighted by Crippen LogP contribution is -2.36. The van der Waals surface area contributed by atoms with Crippen molar-refractivity contribution < 1.29 is 9.53 Å². The van der Waals surface area contributed by atoms with E-state index < -0.39 is 0 Å². The number of aromatic nitrogens is 1. The zero-order valence-corrected chi connectivity index (χ0v) is 17.1. The highest BCUT2D eigenvalue weighted by atomic mass is 16.5. The molecule has 0 aromatic carbocycles. The molecule has 1 fully saturated rings. The summed E-state index contributed by atoms with van der Waals surface area (Å²) in [5, 5.41) is 2.84. The Morgan fingerprint density at radius 2 is 2.11 bits per heavy atom. The number of allylic oxidation sites excluding steroid dienone is 2. The van der Waals surface area contributed by atoms with Crippen LogP contribution in [0.2, 0.25) is 0 Å². The molecule has 1 saturated heterocycles. The Balaban J connectivity index is 2.06. The van der Waals surface area contributed by atoms with Crippen LogP contribution in [0.25, 0.3) is 0 Å². The molecule has 0 radical (unpaired) electrons. The molecule has 1 aromatic rings. The number of pyridine rings is 1. The maximum atomic E-state index is 12.6. The molecule has 0 bridgehead atoms. The van der Waals surface area contributed by atoms with Crippen LogP contribution in [0.4, 0.5) is 0 Å². The van der Waals surface area contributed by atoms with Crippen molar-refractivity contribution in [3.8, 4) is 0 Å². The first-order valence-corrected chi connectivity index (χ1v) is 9.78. The van der Waals surface area contributed by atoms with E-state index in [4.69, 9.17) is 4.74 Å². The number of H-pyrrole nitrogens is 1. The highest BCUT2D eigenvalue weighted by Crippen LogP contribution is 2.15. The minimum atomic E-state index is -0.237. The molecular weight excluding hydrogens is 354 g/mol. The van der Waals surface area contributed by atoms with E-state index in [1.165, 1.54) is 0 Å². The molecule has 0 unspecified atom stereocenters. The zero-order valence-electron chi connectivity index (χ0n) is 17.1. The zero-order chi connectivity index (χ0) is 20.5. The molecule has 0 aliphatic carbocycles. The van der Waals surface area contributed by atoms with E-state index in [9.17, 15) is 9.59 Å². The summed E-state index contributed by atoms with van der Waals surface area (Å²) in [7, 11) is 0. The third kappa shape index (κ3) is 5.96. The molecule has 0 atom stereocenters. The summed E-state index contributed by atoms with van der Waals surface area (Å²) in [4.78, 5) is 29.8. The summed E-state index contributed by atoms with van der Waals surface area (Å²) < 4.78 is 5.43. The Morgan fingerprint density at radius 3 is 2.71 bits per heavy atom. The van der Waals surface area contributed by atoms with Crippen LogP contribution in [-0.4, -0.2) is 41.6 Å². The van der Waals surface area contributed by atoms with Crippen LogP contribution in [0.3, 0.4) is 0 Å². The molecule has 0 spiro atoms. The lowest BCUT2D eigenvalue weighted by atomic mass is 10.1. The molecule has 0 saturated carbocycles. The van der Waals surface area contributed by atoms with Gasteiger partial charge in [0.05, 0.1) is 0 Å². The Morgan fingerprint density at radius 1 is 1.39 bits per heavy atom. The molecule has 1 aliphatic heterocycles. The van der Waals surface area contributed by atoms with E-state index in [1.54, 1.807) is 12.2 Å². The summed E-state index contributed by atoms with van der Waals surface area (Å²) >= 11 is 0. The maximum Gasteiger partial charge on any atom is 0.253 e. The number of hydrogen-bond acceptors (Lipinski definition) is 4. The Hall–Kier alpha value is -2.60. The van der Waals surface area contributed by atoms with Gasteiger partial charge in [0.25, 0.3) is 11.5 Å². The molecular formula is C22H31N3O3. The van der Waals surface area contributed by atoms with Crippen LogP contribution in [0.15, 0.2) is 47.4 Å². The molecule has 1 amide bonds. The molecule has 152 valence electrons. The lowest BCUT2D eigenvalue weighted by molar-refractivity contribution is -0.117. The number of hydrogen-bond donors (Lipinski definition) is 2. The third-order valence-electron chi connectivity index (χ3n) is 4.95. The maximum absolute atomic E-state index is 12.6. The van der Waals surface area contributed by atoms with E-state index >= 15 is 0 Å². The highest BCUT2D eigenvalue weighted by Gasteiger charge is 2.18. The summed E-state index contributed by atoms with van der Waals surface area (Å²) in [6.45, 7) is 12.1. The quantitative estimate of drug-likeness (QED) is 0.533. The van der Waals surface area contributed by atoms with Gasteiger partial charge in [-0.1, -0.05) is 12.7 Å². The third-order valence-corrected chi connectivity index (χ3v) is 4.95. The van der Waals surface area contributed by atoms with Crippen LogP contribution in [0.1, 0.15) is 36.6 Å². The minimum Gasteiger partial charge on any atom is -0.381 e. The highest BCUT2D eigenvalue weighted by molar-refractivity contribution is 5.96. The monoisotopic (exact) mass is 385 g/mol. The number of nitrogens with one attached hydrogen (secondary N) is 2. The number of ether oxygens (including phenoxy) is 1. The van der Waals surface area contributed by atoms with Crippen molar-refractivity contribution in [3.63, 3.8) is 0 Å². The van der Waals surface area contributed by atoms with Crippen LogP contribution < -0.4 is 10.9 Å². The van der Waals surface area contributed by atoms with E-state index in [-0.39, 0.29) is 18.0 Å². The number of carbonyl (C=O) groups excluding carboxylic acids is 1. The van der Waals surface area contributed by atoms with Crippen molar-refractivity contribution in [1.29, 1.82) is 0 Å². The Labute approximate surface area is 167 Å². The Kier molecular flexibility index (Phi) is 8.26. The van der Waals surface area contributed by atoms with Gasteiger partial charge in [-0.15, -0.1) is 0 Å². The van der Waals surface area contributed by atoms with Crippen LogP contribution in [0.5, 0.6) is 0 Å². The fourth-order valence-electron chi connectivity index (χ4n) is 3.38. The second-order valence-corrected chi connectivity index (χ2v) is 6.97. The van der Waals surface area contributed by atoms with Gasteiger partial charge in [-0.05, 0) is 57.4 Å². The molecule has 6 nitrogen and oxygen atoms in total. The van der Waals surface area contributed by atoms with Crippen molar-refractivity contribution in [2.45, 2.75) is 46.2 Å². The number of carbonyl (C=O) groups is 1. The van der Waals surface area contributed by atoms with Crippen molar-refractivity contribution in [3.05, 3.63) is 69.8 Å². The molecule has 2 N–H and O–H groups in total. The van der Waals surface area contributed by atoms with E-state index in [2.05, 4.69) is 28.7 Å². The smallest absolute Gasteiger partial charge is 0.253 e. The summed E-state index contributed by atoms with van der Waals surface area (Å²) in [5.74, 6) is -0.237. The molecule has 2 heterocycles. The predicted molar refractivity (Wildman–Crippen MR) is 112 cm³/mol. The van der Waals surface area contributed by atoms with Gasteiger partial charge in [0, 0.05) is 55.4 Å². The van der Waals surface area contributed by atoms with Gasteiger partial charge in [-0.2, -0.15) is 0 Å². The first-order chi connectivity index (χ1) is 13.5. The largest absolute Gasteiger partial charge is 0.381 e. The fourth-order valence-corrected chi connectivity index (χ4v) is 3.38. The van der Waals surface area contributed by atoms with Crippen LogP contribution in [-0.2, 0) is 16.1 Å². The second-order valence-electron chi connectivity index (χ2n) is 6.97. The van der Waals surface area contributed by atoms with Crippen molar-refractivity contribution in [2.24, 2.45) is 0 Å². The molecule has 1 aliphatic rings. The predicted octanol–water partition coefficient (Wildman–Crippen LogP) is 2.73. The lowest BCUT2D eigenvalue weighted by Gasteiger charge is -2.32. The molecule has 28 heavy (non-hydrogen) atoms. The number of nitrogens with zero attached hydrogens (tertiary/aromatic N) is 1. The van der Waals surface area contributed by atoms with Crippen LogP contribution in [0, 0.1) is 13.8 Å². The minimum absolute atomic E-state index is 0.167. The first kappa shape index (κ1) is 21.7. The molecule has 2 rings (SSSR count). The standard InChI is InChI=1S/C22H31N3O3/c1-5-7-18(8-11-25(6-2)19-9-12-28-13-10-19)21(26)23-15-20-16(3)14-17(4)24-22(20)27/h5,7-8,11,14,19H,1,6,9-10,12-13,15H2,2-4H3,(H,23,26)(H,24,27)/b11-8+,18-7+. The second kappa shape index (κ2) is 10.7. The number of aryl methyl sites for hydroxylation is 2. The van der Waals surface area contributed by atoms with Crippen LogP contribution >= 0.6 is 0 Å². The van der Waals surface area contributed by atoms with Gasteiger partial charge >= 0.3 is 0 Å². The summed E-state index contributed by atoms with van der Waals surface area (Å²) in [6.07, 6.45) is 9.02. The van der Waals surface area contributed by atoms with Gasteiger partial charge in [-0.3, -0.25) is 9.59 Å². The van der Waals surface area contributed by atoms with Gasteiger partial charge in [0.2, 0.25) is 0 Å². The van der Waals surface area contributed by atoms with Gasteiger partial charge in [0.15, 0.2) is 0 Å². The van der Waals surface area contributed by atoms with Gasteiger partial charge in [0.1, 0.15) is 0 Å². The normalized spacial score (nSPS) is 15.6. The van der Waals surface area contributed by atoms with Gasteiger partial charge in [-0.25, -0.2) is 0 Å². The van der Waals surface area contributed by atoms with Crippen molar-refractivity contribution >= 4 is 5.91 Å². The average Bonchev–Trinajstić information content (AvgIpc) is 2.67. The molecule has 1 aromatic heterocycles. The van der Waals surface area contributed by atoms with Gasteiger partial charge < -0.3 is 19.9 Å². The fraction of sp³-hybridized carbons (Fsp3) is 0.455. The number of aromatic amines is 1. The topological polar surface area (TPSA) is 74.4 Å². The van der Waals surface area contributed by atoms with E-state index in [1.807, 2.05) is 32.2 Å². The number of rotatable bonds is 8. The Bertz CT molecular complexity index is 802. The first-order valence-electron chi connectivity index (χ1n) is 9.78. The summed E-state index contributed by atoms with van der Waals surface area (Å²) in [6, 6.07) is 2.33. The number of amides is 1.